The Kier molecular flexibility index (Phi) is 7.14. The fraction of sp³-hybridized carbons (Fsp3) is 0.615. The maximum atomic E-state index is 11.2. The van der Waals surface area contributed by atoms with Crippen LogP contribution in [-0.4, -0.2) is 41.8 Å². The minimum absolute atomic E-state index is 0.177. The number of nitrogens with one attached hydrogen (secondary N) is 1. The number of thioether (sulfide) groups is 1. The van der Waals surface area contributed by atoms with E-state index >= 15 is 0 Å². The van der Waals surface area contributed by atoms with Crippen molar-refractivity contribution in [1.82, 2.24) is 9.97 Å². The van der Waals surface area contributed by atoms with Crippen molar-refractivity contribution >= 4 is 29.3 Å². The molecule has 1 aromatic heterocycles. The molecule has 1 rings (SSSR count). The Hall–Kier alpha value is -1.50. The number of nitrogens with two attached hydrogens (primary N) is 1. The molecule has 1 amide bonds. The summed E-state index contributed by atoms with van der Waals surface area (Å²) in [6.45, 7) is 5.85. The fourth-order valence-electron chi connectivity index (χ4n) is 1.75. The molecule has 0 saturated carbocycles. The summed E-state index contributed by atoms with van der Waals surface area (Å²) in [6, 6.07) is 1.86. The summed E-state index contributed by atoms with van der Waals surface area (Å²) in [4.78, 5) is 22.0. The second-order valence-corrected chi connectivity index (χ2v) is 5.14. The van der Waals surface area contributed by atoms with Gasteiger partial charge in [-0.15, -0.1) is 0 Å². The molecular weight excluding hydrogens is 274 g/mol. The summed E-state index contributed by atoms with van der Waals surface area (Å²) in [5, 5.41) is 3.86. The van der Waals surface area contributed by atoms with Gasteiger partial charge in [0, 0.05) is 19.2 Å². The quantitative estimate of drug-likeness (QED) is 0.533. The van der Waals surface area contributed by atoms with E-state index in [-0.39, 0.29) is 12.5 Å². The van der Waals surface area contributed by atoms with Crippen molar-refractivity contribution in [3.8, 4) is 0 Å². The van der Waals surface area contributed by atoms with E-state index in [0.29, 0.717) is 5.16 Å². The van der Waals surface area contributed by atoms with Gasteiger partial charge in [0.2, 0.25) is 5.91 Å². The van der Waals surface area contributed by atoms with Crippen LogP contribution in [0.4, 0.5) is 11.6 Å². The van der Waals surface area contributed by atoms with Crippen LogP contribution in [0.15, 0.2) is 11.2 Å². The maximum absolute atomic E-state index is 11.2. The number of nitrogens with zero attached hydrogens (tertiary/aromatic N) is 3. The van der Waals surface area contributed by atoms with Gasteiger partial charge in [-0.2, -0.15) is 0 Å². The van der Waals surface area contributed by atoms with Crippen LogP contribution >= 0.6 is 11.8 Å². The normalized spacial score (nSPS) is 10.3. The topological polar surface area (TPSA) is 84.1 Å². The molecule has 7 heteroatoms. The molecule has 0 aliphatic rings. The summed E-state index contributed by atoms with van der Waals surface area (Å²) in [5.41, 5.74) is 5.32. The average Bonchev–Trinajstić information content (AvgIpc) is 2.43. The lowest BCUT2D eigenvalue weighted by Crippen LogP contribution is -2.35. The van der Waals surface area contributed by atoms with Gasteiger partial charge in [-0.05, 0) is 19.6 Å². The van der Waals surface area contributed by atoms with Crippen molar-refractivity contribution in [3.63, 3.8) is 0 Å². The molecule has 112 valence electrons. The number of primary amides is 1. The Bertz CT molecular complexity index is 441. The van der Waals surface area contributed by atoms with Gasteiger partial charge >= 0.3 is 0 Å². The van der Waals surface area contributed by atoms with Crippen LogP contribution in [0, 0.1) is 0 Å². The van der Waals surface area contributed by atoms with Gasteiger partial charge in [0.05, 0.1) is 6.54 Å². The highest BCUT2D eigenvalue weighted by Crippen LogP contribution is 2.20. The van der Waals surface area contributed by atoms with E-state index in [1.165, 1.54) is 11.8 Å². The van der Waals surface area contributed by atoms with Gasteiger partial charge in [-0.1, -0.05) is 25.1 Å². The van der Waals surface area contributed by atoms with Crippen LogP contribution in [0.5, 0.6) is 0 Å². The Morgan fingerprint density at radius 1 is 1.45 bits per heavy atom. The summed E-state index contributed by atoms with van der Waals surface area (Å²) < 4.78 is 0. The molecule has 0 atom stereocenters. The standard InChI is InChI=1S/C13H23N5OS/c1-4-6-7-18(9-10(14)19)12-8-11(15-5-2)16-13(17-12)20-3/h8H,4-7,9H2,1-3H3,(H2,14,19)(H,15,16,17). The minimum Gasteiger partial charge on any atom is -0.370 e. The molecule has 0 spiro atoms. The van der Waals surface area contributed by atoms with E-state index in [1.807, 2.05) is 24.1 Å². The van der Waals surface area contributed by atoms with E-state index in [9.17, 15) is 4.79 Å². The van der Waals surface area contributed by atoms with Gasteiger partial charge in [-0.25, -0.2) is 9.97 Å². The van der Waals surface area contributed by atoms with Crippen molar-refractivity contribution in [2.75, 3.05) is 36.1 Å². The van der Waals surface area contributed by atoms with Gasteiger partial charge in [0.25, 0.3) is 0 Å². The van der Waals surface area contributed by atoms with Gasteiger partial charge in [0.15, 0.2) is 5.16 Å². The van der Waals surface area contributed by atoms with E-state index in [0.717, 1.165) is 37.6 Å². The lowest BCUT2D eigenvalue weighted by molar-refractivity contribution is -0.116. The van der Waals surface area contributed by atoms with Gasteiger partial charge < -0.3 is 16.0 Å². The number of hydrogen-bond acceptors (Lipinski definition) is 6. The molecule has 0 radical (unpaired) electrons. The third-order valence-corrected chi connectivity index (χ3v) is 3.23. The summed E-state index contributed by atoms with van der Waals surface area (Å²) in [6.07, 6.45) is 3.97. The largest absolute Gasteiger partial charge is 0.370 e. The van der Waals surface area contributed by atoms with E-state index in [2.05, 4.69) is 22.2 Å². The molecule has 0 bridgehead atoms. The van der Waals surface area contributed by atoms with E-state index in [4.69, 9.17) is 5.73 Å². The highest BCUT2D eigenvalue weighted by atomic mass is 32.2. The van der Waals surface area contributed by atoms with Crippen molar-refractivity contribution < 1.29 is 4.79 Å². The highest BCUT2D eigenvalue weighted by molar-refractivity contribution is 7.98. The van der Waals surface area contributed by atoms with Crippen LogP contribution < -0.4 is 16.0 Å². The molecule has 1 aromatic rings. The molecule has 0 fully saturated rings. The maximum Gasteiger partial charge on any atom is 0.236 e. The third-order valence-electron chi connectivity index (χ3n) is 2.68. The Balaban J connectivity index is 3.02. The second-order valence-electron chi connectivity index (χ2n) is 4.37. The first kappa shape index (κ1) is 16.6. The summed E-state index contributed by atoms with van der Waals surface area (Å²) >= 11 is 1.48. The zero-order chi connectivity index (χ0) is 15.0. The Labute approximate surface area is 124 Å². The molecule has 6 nitrogen and oxygen atoms in total. The van der Waals surface area contributed by atoms with Gasteiger partial charge in [-0.3, -0.25) is 4.79 Å². The second kappa shape index (κ2) is 8.63. The lowest BCUT2D eigenvalue weighted by Gasteiger charge is -2.22. The number of hydrogen-bond donors (Lipinski definition) is 2. The zero-order valence-electron chi connectivity index (χ0n) is 12.3. The number of carbonyl (C=O) groups is 1. The molecule has 20 heavy (non-hydrogen) atoms. The number of amides is 1. The molecule has 0 saturated heterocycles. The highest BCUT2D eigenvalue weighted by Gasteiger charge is 2.13. The van der Waals surface area contributed by atoms with Crippen LogP contribution in [0.25, 0.3) is 0 Å². The number of anilines is 2. The molecule has 0 unspecified atom stereocenters. The van der Waals surface area contributed by atoms with Crippen molar-refractivity contribution in [2.45, 2.75) is 31.8 Å². The predicted molar refractivity (Wildman–Crippen MR) is 84.3 cm³/mol. The number of aromatic nitrogens is 2. The smallest absolute Gasteiger partial charge is 0.236 e. The average molecular weight is 297 g/mol. The van der Waals surface area contributed by atoms with E-state index in [1.54, 1.807) is 0 Å². The Morgan fingerprint density at radius 2 is 2.20 bits per heavy atom. The van der Waals surface area contributed by atoms with Crippen molar-refractivity contribution in [2.24, 2.45) is 5.73 Å². The predicted octanol–water partition coefficient (Wildman–Crippen LogP) is 1.72. The summed E-state index contributed by atoms with van der Waals surface area (Å²) in [5.74, 6) is 1.16. The molecule has 0 aromatic carbocycles. The SMILES string of the molecule is CCCCN(CC(N)=O)c1cc(NCC)nc(SC)n1. The number of rotatable bonds is 9. The van der Waals surface area contributed by atoms with Crippen molar-refractivity contribution in [1.29, 1.82) is 0 Å². The number of carbonyl (C=O) groups excluding carboxylic acids is 1. The molecular formula is C13H23N5OS. The lowest BCUT2D eigenvalue weighted by atomic mass is 10.3. The molecule has 0 aliphatic heterocycles. The molecule has 0 aliphatic carbocycles. The molecule has 1 heterocycles. The third kappa shape index (κ3) is 5.24. The zero-order valence-corrected chi connectivity index (χ0v) is 13.2. The minimum atomic E-state index is -0.351. The van der Waals surface area contributed by atoms with Crippen LogP contribution in [0.1, 0.15) is 26.7 Å². The monoisotopic (exact) mass is 297 g/mol. The Morgan fingerprint density at radius 3 is 2.75 bits per heavy atom. The first-order valence-electron chi connectivity index (χ1n) is 6.80. The van der Waals surface area contributed by atoms with Crippen LogP contribution in [0.3, 0.4) is 0 Å². The van der Waals surface area contributed by atoms with E-state index < -0.39 is 0 Å². The van der Waals surface area contributed by atoms with Gasteiger partial charge in [0.1, 0.15) is 11.6 Å². The first-order valence-corrected chi connectivity index (χ1v) is 8.03. The van der Waals surface area contributed by atoms with Crippen molar-refractivity contribution in [3.05, 3.63) is 6.07 Å². The first-order chi connectivity index (χ1) is 9.60. The van der Waals surface area contributed by atoms with Crippen LogP contribution in [-0.2, 0) is 4.79 Å². The molecule has 3 N–H and O–H groups in total. The van der Waals surface area contributed by atoms with Crippen LogP contribution in [0.2, 0.25) is 0 Å². The fourth-order valence-corrected chi connectivity index (χ4v) is 2.12. The number of unbranched alkanes of at least 4 members (excludes halogenated alkanes) is 1. The summed E-state index contributed by atoms with van der Waals surface area (Å²) in [7, 11) is 0.